The molecule has 5 nitrogen and oxygen atoms in total. The molecule has 1 aromatic rings. The SMILES string of the molecule is CCOc1ccc(Br)cc1CN(C(=O)C1CNCCO1)C1CC1. The lowest BCUT2D eigenvalue weighted by molar-refractivity contribution is -0.146. The lowest BCUT2D eigenvalue weighted by Gasteiger charge is -2.30. The van der Waals surface area contributed by atoms with Gasteiger partial charge in [-0.1, -0.05) is 15.9 Å². The van der Waals surface area contributed by atoms with Crippen LogP contribution in [0.3, 0.4) is 0 Å². The lowest BCUT2D eigenvalue weighted by atomic mass is 10.1. The van der Waals surface area contributed by atoms with E-state index in [1.807, 2.05) is 30.0 Å². The smallest absolute Gasteiger partial charge is 0.253 e. The number of amides is 1. The van der Waals surface area contributed by atoms with Gasteiger partial charge in [0.25, 0.3) is 5.91 Å². The highest BCUT2D eigenvalue weighted by Crippen LogP contribution is 2.32. The first-order valence-electron chi connectivity index (χ1n) is 8.23. The molecule has 1 saturated carbocycles. The van der Waals surface area contributed by atoms with Gasteiger partial charge >= 0.3 is 0 Å². The number of carbonyl (C=O) groups excluding carboxylic acids is 1. The summed E-state index contributed by atoms with van der Waals surface area (Å²) >= 11 is 3.51. The average Bonchev–Trinajstić information content (AvgIpc) is 3.40. The van der Waals surface area contributed by atoms with Crippen molar-refractivity contribution >= 4 is 21.8 Å². The minimum absolute atomic E-state index is 0.0853. The molecule has 3 rings (SSSR count). The van der Waals surface area contributed by atoms with Crippen LogP contribution in [0.4, 0.5) is 0 Å². The van der Waals surface area contributed by atoms with E-state index in [1.165, 1.54) is 0 Å². The quantitative estimate of drug-likeness (QED) is 0.820. The summed E-state index contributed by atoms with van der Waals surface area (Å²) in [4.78, 5) is 14.8. The number of benzene rings is 1. The van der Waals surface area contributed by atoms with Crippen molar-refractivity contribution in [3.8, 4) is 5.75 Å². The van der Waals surface area contributed by atoms with Crippen LogP contribution in [0.25, 0.3) is 0 Å². The molecule has 1 aromatic carbocycles. The van der Waals surface area contributed by atoms with Crippen LogP contribution in [0.1, 0.15) is 25.3 Å². The number of nitrogens with one attached hydrogen (secondary N) is 1. The molecule has 1 atom stereocenters. The average molecular weight is 383 g/mol. The molecule has 1 unspecified atom stereocenters. The predicted molar refractivity (Wildman–Crippen MR) is 91.5 cm³/mol. The molecule has 1 N–H and O–H groups in total. The number of ether oxygens (including phenoxy) is 2. The maximum absolute atomic E-state index is 12.8. The third-order valence-electron chi connectivity index (χ3n) is 4.14. The molecule has 0 spiro atoms. The summed E-state index contributed by atoms with van der Waals surface area (Å²) in [6.07, 6.45) is 1.78. The molecular formula is C17H23BrN2O3. The number of morpholine rings is 1. The third-order valence-corrected chi connectivity index (χ3v) is 4.63. The molecule has 1 heterocycles. The highest BCUT2D eigenvalue weighted by molar-refractivity contribution is 9.10. The van der Waals surface area contributed by atoms with E-state index in [2.05, 4.69) is 21.2 Å². The molecule has 126 valence electrons. The van der Waals surface area contributed by atoms with Gasteiger partial charge in [-0.15, -0.1) is 0 Å². The summed E-state index contributed by atoms with van der Waals surface area (Å²) in [6.45, 7) is 5.15. The molecule has 23 heavy (non-hydrogen) atoms. The number of rotatable bonds is 6. The second kappa shape index (κ2) is 7.64. The van der Waals surface area contributed by atoms with E-state index in [0.717, 1.165) is 35.2 Å². The van der Waals surface area contributed by atoms with Crippen LogP contribution in [0.2, 0.25) is 0 Å². The second-order valence-electron chi connectivity index (χ2n) is 5.95. The van der Waals surface area contributed by atoms with Crippen LogP contribution in [-0.2, 0) is 16.1 Å². The zero-order valence-electron chi connectivity index (χ0n) is 13.4. The van der Waals surface area contributed by atoms with E-state index in [0.29, 0.717) is 32.3 Å². The zero-order valence-corrected chi connectivity index (χ0v) is 15.0. The van der Waals surface area contributed by atoms with Crippen molar-refractivity contribution in [2.75, 3.05) is 26.3 Å². The monoisotopic (exact) mass is 382 g/mol. The van der Waals surface area contributed by atoms with Crippen molar-refractivity contribution in [1.29, 1.82) is 0 Å². The van der Waals surface area contributed by atoms with Crippen LogP contribution >= 0.6 is 15.9 Å². The van der Waals surface area contributed by atoms with Crippen molar-refractivity contribution in [1.82, 2.24) is 10.2 Å². The van der Waals surface area contributed by atoms with Gasteiger partial charge in [0, 0.05) is 35.7 Å². The molecule has 1 saturated heterocycles. The van der Waals surface area contributed by atoms with Crippen molar-refractivity contribution in [3.63, 3.8) is 0 Å². The summed E-state index contributed by atoms with van der Waals surface area (Å²) < 4.78 is 12.4. The first-order valence-corrected chi connectivity index (χ1v) is 9.02. The van der Waals surface area contributed by atoms with Gasteiger partial charge in [-0.05, 0) is 38.0 Å². The molecule has 0 bridgehead atoms. The molecule has 0 aromatic heterocycles. The second-order valence-corrected chi connectivity index (χ2v) is 6.86. The van der Waals surface area contributed by atoms with Gasteiger partial charge in [0.1, 0.15) is 11.9 Å². The van der Waals surface area contributed by atoms with E-state index in [9.17, 15) is 4.79 Å². The summed E-state index contributed by atoms with van der Waals surface area (Å²) in [5.74, 6) is 0.930. The predicted octanol–water partition coefficient (Wildman–Crippen LogP) is 2.33. The number of carbonyl (C=O) groups is 1. The van der Waals surface area contributed by atoms with Crippen molar-refractivity contribution < 1.29 is 14.3 Å². The zero-order chi connectivity index (χ0) is 16.2. The Kier molecular flexibility index (Phi) is 5.56. The Hall–Kier alpha value is -1.11. The third kappa shape index (κ3) is 4.25. The minimum atomic E-state index is -0.368. The molecule has 2 aliphatic rings. The van der Waals surface area contributed by atoms with E-state index >= 15 is 0 Å². The van der Waals surface area contributed by atoms with Crippen molar-refractivity contribution in [2.24, 2.45) is 0 Å². The standard InChI is InChI=1S/C17H23BrN2O3/c1-2-22-15-6-3-13(18)9-12(15)11-20(14-4-5-14)17(21)16-10-19-7-8-23-16/h3,6,9,14,16,19H,2,4-5,7-8,10-11H2,1H3. The van der Waals surface area contributed by atoms with Crippen LogP contribution in [0, 0.1) is 0 Å². The number of hydrogen-bond acceptors (Lipinski definition) is 4. The van der Waals surface area contributed by atoms with E-state index in [-0.39, 0.29) is 12.0 Å². The normalized spacial score (nSPS) is 21.0. The Morgan fingerprint density at radius 2 is 2.30 bits per heavy atom. The van der Waals surface area contributed by atoms with Gasteiger partial charge in [0.15, 0.2) is 0 Å². The Balaban J connectivity index is 1.77. The number of hydrogen-bond donors (Lipinski definition) is 1. The van der Waals surface area contributed by atoms with Crippen LogP contribution < -0.4 is 10.1 Å². The van der Waals surface area contributed by atoms with Gasteiger partial charge in [0.05, 0.1) is 13.2 Å². The summed E-state index contributed by atoms with van der Waals surface area (Å²) in [5.41, 5.74) is 1.03. The summed E-state index contributed by atoms with van der Waals surface area (Å²) in [6, 6.07) is 6.29. The number of halogens is 1. The van der Waals surface area contributed by atoms with E-state index in [4.69, 9.17) is 9.47 Å². The van der Waals surface area contributed by atoms with Crippen LogP contribution in [0.15, 0.2) is 22.7 Å². The maximum Gasteiger partial charge on any atom is 0.253 e. The number of nitrogens with zero attached hydrogens (tertiary/aromatic N) is 1. The molecule has 6 heteroatoms. The van der Waals surface area contributed by atoms with Gasteiger partial charge < -0.3 is 19.7 Å². The Bertz CT molecular complexity index is 557. The van der Waals surface area contributed by atoms with Gasteiger partial charge in [-0.3, -0.25) is 4.79 Å². The molecule has 1 aliphatic carbocycles. The Morgan fingerprint density at radius 3 is 2.96 bits per heavy atom. The molecule has 1 aliphatic heterocycles. The molecular weight excluding hydrogens is 360 g/mol. The van der Waals surface area contributed by atoms with Crippen LogP contribution in [-0.4, -0.2) is 49.3 Å². The fraction of sp³-hybridized carbons (Fsp3) is 0.588. The highest BCUT2D eigenvalue weighted by Gasteiger charge is 2.37. The van der Waals surface area contributed by atoms with Crippen molar-refractivity contribution in [3.05, 3.63) is 28.2 Å². The fourth-order valence-corrected chi connectivity index (χ4v) is 3.24. The van der Waals surface area contributed by atoms with Gasteiger partial charge in [-0.25, -0.2) is 0 Å². The highest BCUT2D eigenvalue weighted by atomic mass is 79.9. The maximum atomic E-state index is 12.8. The minimum Gasteiger partial charge on any atom is -0.494 e. The lowest BCUT2D eigenvalue weighted by Crippen LogP contribution is -2.49. The molecule has 0 radical (unpaired) electrons. The van der Waals surface area contributed by atoms with Crippen molar-refractivity contribution in [2.45, 2.75) is 38.5 Å². The summed E-state index contributed by atoms with van der Waals surface area (Å²) in [5, 5.41) is 3.23. The van der Waals surface area contributed by atoms with E-state index < -0.39 is 0 Å². The molecule has 2 fully saturated rings. The topological polar surface area (TPSA) is 50.8 Å². The first kappa shape index (κ1) is 16.7. The molecule has 1 amide bonds. The fourth-order valence-electron chi connectivity index (χ4n) is 2.83. The first-order chi connectivity index (χ1) is 11.2. The van der Waals surface area contributed by atoms with E-state index in [1.54, 1.807) is 0 Å². The van der Waals surface area contributed by atoms with Gasteiger partial charge in [-0.2, -0.15) is 0 Å². The Labute approximate surface area is 145 Å². The van der Waals surface area contributed by atoms with Crippen LogP contribution in [0.5, 0.6) is 5.75 Å². The van der Waals surface area contributed by atoms with Gasteiger partial charge in [0.2, 0.25) is 0 Å². The Morgan fingerprint density at radius 1 is 1.48 bits per heavy atom. The summed E-state index contributed by atoms with van der Waals surface area (Å²) in [7, 11) is 0. The largest absolute Gasteiger partial charge is 0.494 e.